The van der Waals surface area contributed by atoms with E-state index in [0.717, 1.165) is 24.0 Å². The molecule has 0 fully saturated rings. The van der Waals surface area contributed by atoms with E-state index in [4.69, 9.17) is 0 Å². The third-order valence-electron chi connectivity index (χ3n) is 4.15. The zero-order chi connectivity index (χ0) is 15.4. The summed E-state index contributed by atoms with van der Waals surface area (Å²) in [5.74, 6) is 1.38. The molecule has 2 aromatic rings. The summed E-state index contributed by atoms with van der Waals surface area (Å²) >= 11 is 1.81. The molecule has 0 saturated carbocycles. The molecule has 1 aliphatic heterocycles. The van der Waals surface area contributed by atoms with E-state index in [1.807, 2.05) is 18.5 Å². The van der Waals surface area contributed by atoms with Gasteiger partial charge in [0.2, 0.25) is 0 Å². The number of aryl methyl sites for hydroxylation is 1. The highest BCUT2D eigenvalue weighted by Gasteiger charge is 2.18. The number of hydrogen-bond donors (Lipinski definition) is 1. The maximum atomic E-state index is 4.49. The number of nitrogens with zero attached hydrogens (tertiary/aromatic N) is 2. The summed E-state index contributed by atoms with van der Waals surface area (Å²) in [6.45, 7) is 6.15. The molecule has 0 spiro atoms. The fourth-order valence-corrected chi connectivity index (χ4v) is 3.52. The van der Waals surface area contributed by atoms with Crippen LogP contribution < -0.4 is 5.32 Å². The van der Waals surface area contributed by atoms with Crippen LogP contribution in [0.4, 0.5) is 0 Å². The van der Waals surface area contributed by atoms with Crippen molar-refractivity contribution in [1.82, 2.24) is 10.3 Å². The minimum absolute atomic E-state index is 0.289. The highest BCUT2D eigenvalue weighted by molar-refractivity contribution is 8.14. The van der Waals surface area contributed by atoms with Gasteiger partial charge in [0.15, 0.2) is 5.17 Å². The van der Waals surface area contributed by atoms with Crippen molar-refractivity contribution in [1.29, 1.82) is 0 Å². The van der Waals surface area contributed by atoms with Crippen molar-refractivity contribution >= 4 is 16.9 Å². The number of aromatic nitrogens is 1. The van der Waals surface area contributed by atoms with E-state index in [9.17, 15) is 0 Å². The van der Waals surface area contributed by atoms with Crippen LogP contribution in [0, 0.1) is 13.8 Å². The van der Waals surface area contributed by atoms with Gasteiger partial charge in [-0.05, 0) is 42.2 Å². The standard InChI is InChI=1S/C18H21N3S/c1-13-5-3-7-16(14(13)2)17(15-6-4-8-19-11-15)12-21-18-20-9-10-22-18/h3-8,11,17H,9-10,12H2,1-2H3,(H,20,21). The second kappa shape index (κ2) is 6.97. The molecule has 1 unspecified atom stereocenters. The van der Waals surface area contributed by atoms with E-state index in [1.165, 1.54) is 22.3 Å². The van der Waals surface area contributed by atoms with Crippen LogP contribution in [0.2, 0.25) is 0 Å². The van der Waals surface area contributed by atoms with Gasteiger partial charge in [-0.2, -0.15) is 0 Å². The normalized spacial score (nSPS) is 15.5. The highest BCUT2D eigenvalue weighted by atomic mass is 32.2. The maximum Gasteiger partial charge on any atom is 0.156 e. The molecule has 22 heavy (non-hydrogen) atoms. The van der Waals surface area contributed by atoms with Crippen LogP contribution in [0.3, 0.4) is 0 Å². The molecule has 1 aliphatic rings. The van der Waals surface area contributed by atoms with Gasteiger partial charge in [0.25, 0.3) is 0 Å². The van der Waals surface area contributed by atoms with Gasteiger partial charge < -0.3 is 5.32 Å². The van der Waals surface area contributed by atoms with Crippen LogP contribution >= 0.6 is 11.8 Å². The SMILES string of the molecule is Cc1cccc(C(CNC2=NCCS2)c2cccnc2)c1C. The first-order valence-electron chi connectivity index (χ1n) is 7.63. The molecular weight excluding hydrogens is 290 g/mol. The molecule has 3 rings (SSSR count). The van der Waals surface area contributed by atoms with Crippen molar-refractivity contribution in [3.8, 4) is 0 Å². The van der Waals surface area contributed by atoms with E-state index in [1.54, 1.807) is 11.8 Å². The molecule has 1 N–H and O–H groups in total. The highest BCUT2D eigenvalue weighted by Crippen LogP contribution is 2.28. The Kier molecular flexibility index (Phi) is 4.78. The molecule has 114 valence electrons. The average Bonchev–Trinajstić information content (AvgIpc) is 3.06. The van der Waals surface area contributed by atoms with Crippen LogP contribution in [0.25, 0.3) is 0 Å². The van der Waals surface area contributed by atoms with Crippen molar-refractivity contribution in [2.75, 3.05) is 18.8 Å². The summed E-state index contributed by atoms with van der Waals surface area (Å²) in [5, 5.41) is 4.58. The lowest BCUT2D eigenvalue weighted by Crippen LogP contribution is -2.26. The van der Waals surface area contributed by atoms with Crippen molar-refractivity contribution in [2.24, 2.45) is 4.99 Å². The van der Waals surface area contributed by atoms with Crippen molar-refractivity contribution < 1.29 is 0 Å². The Morgan fingerprint density at radius 2 is 2.14 bits per heavy atom. The smallest absolute Gasteiger partial charge is 0.156 e. The van der Waals surface area contributed by atoms with Gasteiger partial charge >= 0.3 is 0 Å². The van der Waals surface area contributed by atoms with Crippen LogP contribution in [0.5, 0.6) is 0 Å². The van der Waals surface area contributed by atoms with Gasteiger partial charge in [-0.1, -0.05) is 36.0 Å². The molecular formula is C18H21N3S. The van der Waals surface area contributed by atoms with E-state index in [-0.39, 0.29) is 5.92 Å². The topological polar surface area (TPSA) is 37.3 Å². The summed E-state index contributed by atoms with van der Waals surface area (Å²) in [4.78, 5) is 8.79. The second-order valence-electron chi connectivity index (χ2n) is 5.54. The minimum Gasteiger partial charge on any atom is -0.364 e. The summed E-state index contributed by atoms with van der Waals surface area (Å²) in [6.07, 6.45) is 3.80. The van der Waals surface area contributed by atoms with Gasteiger partial charge in [0.05, 0.1) is 6.54 Å². The Balaban J connectivity index is 1.90. The molecule has 2 heterocycles. The van der Waals surface area contributed by atoms with Gasteiger partial charge in [-0.15, -0.1) is 0 Å². The molecule has 1 aromatic heterocycles. The fourth-order valence-electron chi connectivity index (χ4n) is 2.77. The Morgan fingerprint density at radius 1 is 1.23 bits per heavy atom. The van der Waals surface area contributed by atoms with E-state index in [0.29, 0.717) is 0 Å². The van der Waals surface area contributed by atoms with Crippen molar-refractivity contribution in [2.45, 2.75) is 19.8 Å². The number of benzene rings is 1. The number of rotatable bonds is 4. The number of aliphatic imine (C=N–C) groups is 1. The first kappa shape index (κ1) is 15.1. The first-order chi connectivity index (χ1) is 10.8. The molecule has 4 heteroatoms. The molecule has 0 amide bonds. The lowest BCUT2D eigenvalue weighted by Gasteiger charge is -2.21. The number of amidine groups is 1. The quantitative estimate of drug-likeness (QED) is 0.938. The lowest BCUT2D eigenvalue weighted by molar-refractivity contribution is 0.751. The average molecular weight is 311 g/mol. The first-order valence-corrected chi connectivity index (χ1v) is 8.61. The van der Waals surface area contributed by atoms with E-state index >= 15 is 0 Å². The Hall–Kier alpha value is -1.81. The van der Waals surface area contributed by atoms with Gasteiger partial charge in [0, 0.05) is 30.6 Å². The van der Waals surface area contributed by atoms with Crippen LogP contribution in [-0.4, -0.2) is 29.0 Å². The maximum absolute atomic E-state index is 4.49. The Labute approximate surface area is 136 Å². The lowest BCUT2D eigenvalue weighted by atomic mass is 9.87. The summed E-state index contributed by atoms with van der Waals surface area (Å²) in [7, 11) is 0. The number of nitrogens with one attached hydrogen (secondary N) is 1. The van der Waals surface area contributed by atoms with Gasteiger partial charge in [-0.3, -0.25) is 9.98 Å². The monoisotopic (exact) mass is 311 g/mol. The van der Waals surface area contributed by atoms with Crippen molar-refractivity contribution in [3.05, 3.63) is 65.0 Å². The van der Waals surface area contributed by atoms with Crippen LogP contribution in [0.1, 0.15) is 28.2 Å². The predicted octanol–water partition coefficient (Wildman–Crippen LogP) is 3.52. The minimum atomic E-state index is 0.289. The summed E-state index contributed by atoms with van der Waals surface area (Å²) in [5.41, 5.74) is 5.30. The zero-order valence-electron chi connectivity index (χ0n) is 13.0. The third-order valence-corrected chi connectivity index (χ3v) is 5.09. The Bertz CT molecular complexity index is 667. The summed E-state index contributed by atoms with van der Waals surface area (Å²) in [6, 6.07) is 10.7. The molecule has 0 aliphatic carbocycles. The number of thioether (sulfide) groups is 1. The van der Waals surface area contributed by atoms with E-state index < -0.39 is 0 Å². The van der Waals surface area contributed by atoms with Gasteiger partial charge in [-0.25, -0.2) is 0 Å². The predicted molar refractivity (Wildman–Crippen MR) is 94.8 cm³/mol. The fraction of sp³-hybridized carbons (Fsp3) is 0.333. The van der Waals surface area contributed by atoms with Crippen LogP contribution in [0.15, 0.2) is 47.7 Å². The van der Waals surface area contributed by atoms with Crippen molar-refractivity contribution in [3.63, 3.8) is 0 Å². The molecule has 0 bridgehead atoms. The zero-order valence-corrected chi connectivity index (χ0v) is 13.9. The third kappa shape index (κ3) is 3.33. The molecule has 3 nitrogen and oxygen atoms in total. The molecule has 1 atom stereocenters. The van der Waals surface area contributed by atoms with Crippen LogP contribution in [-0.2, 0) is 0 Å². The summed E-state index contributed by atoms with van der Waals surface area (Å²) < 4.78 is 0. The largest absolute Gasteiger partial charge is 0.364 e. The second-order valence-corrected chi connectivity index (χ2v) is 6.63. The molecule has 0 radical (unpaired) electrons. The molecule has 0 saturated heterocycles. The van der Waals surface area contributed by atoms with Gasteiger partial charge in [0.1, 0.15) is 0 Å². The number of hydrogen-bond acceptors (Lipinski definition) is 4. The Morgan fingerprint density at radius 3 is 2.86 bits per heavy atom. The number of pyridine rings is 1. The molecule has 1 aromatic carbocycles. The van der Waals surface area contributed by atoms with E-state index in [2.05, 4.69) is 53.4 Å².